The molecule has 1 fully saturated rings. The number of amides is 1. The summed E-state index contributed by atoms with van der Waals surface area (Å²) < 4.78 is 46.8. The number of hydrogen-bond donors (Lipinski definition) is 1. The molecule has 4 rings (SSSR count). The molecule has 0 aliphatic carbocycles. The number of nitrogens with zero attached hydrogens (tertiary/aromatic N) is 2. The summed E-state index contributed by atoms with van der Waals surface area (Å²) in [6.07, 6.45) is -4.57. The molecule has 1 unspecified atom stereocenters. The number of halogens is 3. The van der Waals surface area contributed by atoms with Crippen molar-refractivity contribution in [3.63, 3.8) is 0 Å². The van der Waals surface area contributed by atoms with E-state index in [1.807, 2.05) is 30.3 Å². The Balaban J connectivity index is 1.87. The van der Waals surface area contributed by atoms with Gasteiger partial charge in [0, 0.05) is 24.5 Å². The molecular weight excluding hydrogens is 439 g/mol. The van der Waals surface area contributed by atoms with E-state index in [0.717, 1.165) is 11.8 Å². The van der Waals surface area contributed by atoms with Crippen LogP contribution in [0.1, 0.15) is 24.1 Å². The monoisotopic (exact) mass is 461 g/mol. The van der Waals surface area contributed by atoms with Gasteiger partial charge in [-0.3, -0.25) is 9.69 Å². The van der Waals surface area contributed by atoms with E-state index in [1.165, 1.54) is 18.2 Å². The van der Waals surface area contributed by atoms with Gasteiger partial charge in [0.1, 0.15) is 0 Å². The van der Waals surface area contributed by atoms with Crippen LogP contribution < -0.4 is 10.2 Å². The summed E-state index contributed by atoms with van der Waals surface area (Å²) in [5, 5.41) is 3.25. The lowest BCUT2D eigenvalue weighted by atomic mass is 9.90. The van der Waals surface area contributed by atoms with Gasteiger partial charge in [-0.25, -0.2) is 0 Å². The van der Waals surface area contributed by atoms with Crippen molar-refractivity contribution >= 4 is 28.9 Å². The summed E-state index contributed by atoms with van der Waals surface area (Å²) in [6.45, 7) is 3.24. The molecule has 5 nitrogen and oxygen atoms in total. The number of alkyl halides is 3. The minimum absolute atomic E-state index is 0.0361. The minimum Gasteiger partial charge on any atom is -0.378 e. The summed E-state index contributed by atoms with van der Waals surface area (Å²) in [6, 6.07) is 13.4. The average molecular weight is 462 g/mol. The number of allylic oxidation sites excluding steroid dienone is 1. The smallest absolute Gasteiger partial charge is 0.378 e. The fourth-order valence-electron chi connectivity index (χ4n) is 4.08. The lowest BCUT2D eigenvalue weighted by molar-refractivity contribution is -0.138. The number of rotatable bonds is 3. The zero-order chi connectivity index (χ0) is 22.9. The molecule has 1 atom stereocenters. The molecule has 2 aliphatic rings. The maximum atomic E-state index is 13.8. The number of carbonyl (C=O) groups excluding carboxylic acids is 1. The van der Waals surface area contributed by atoms with E-state index < -0.39 is 17.8 Å². The van der Waals surface area contributed by atoms with Gasteiger partial charge in [-0.2, -0.15) is 13.2 Å². The Labute approximate surface area is 189 Å². The fourth-order valence-corrected chi connectivity index (χ4v) is 4.45. The van der Waals surface area contributed by atoms with E-state index >= 15 is 0 Å². The Kier molecular flexibility index (Phi) is 6.21. The van der Waals surface area contributed by atoms with Crippen molar-refractivity contribution in [3.8, 4) is 0 Å². The molecule has 168 valence electrons. The molecule has 0 aromatic heterocycles. The standard InChI is InChI=1S/C23H22F3N3O2S/c1-15-19(21(30)28-11-13-31-14-12-28)20(17-9-5-6-10-18(17)23(24,25)26)27-22(32)29(15)16-7-3-2-4-8-16/h2-10,20H,11-14H2,1H3,(H,27,32). The molecule has 2 aromatic rings. The van der Waals surface area contributed by atoms with Gasteiger partial charge < -0.3 is 15.0 Å². The van der Waals surface area contributed by atoms with Crippen LogP contribution in [-0.2, 0) is 15.7 Å². The molecule has 1 saturated heterocycles. The van der Waals surface area contributed by atoms with Crippen LogP contribution in [-0.4, -0.2) is 42.2 Å². The van der Waals surface area contributed by atoms with E-state index in [-0.39, 0.29) is 22.2 Å². The van der Waals surface area contributed by atoms with Crippen LogP contribution in [0.25, 0.3) is 0 Å². The highest BCUT2D eigenvalue weighted by Gasteiger charge is 2.41. The first kappa shape index (κ1) is 22.3. The first-order valence-electron chi connectivity index (χ1n) is 10.2. The molecule has 1 N–H and O–H groups in total. The third-order valence-corrected chi connectivity index (χ3v) is 5.91. The van der Waals surface area contributed by atoms with Crippen molar-refractivity contribution in [1.82, 2.24) is 10.2 Å². The number of hydrogen-bond acceptors (Lipinski definition) is 3. The maximum Gasteiger partial charge on any atom is 0.416 e. The second-order valence-electron chi connectivity index (χ2n) is 7.54. The summed E-state index contributed by atoms with van der Waals surface area (Å²) >= 11 is 5.55. The molecule has 0 spiro atoms. The lowest BCUT2D eigenvalue weighted by Gasteiger charge is -2.40. The third-order valence-electron chi connectivity index (χ3n) is 5.61. The number of ether oxygens (including phenoxy) is 1. The molecule has 0 bridgehead atoms. The Morgan fingerprint density at radius 1 is 1.06 bits per heavy atom. The summed E-state index contributed by atoms with van der Waals surface area (Å²) in [4.78, 5) is 16.9. The van der Waals surface area contributed by atoms with E-state index in [4.69, 9.17) is 17.0 Å². The van der Waals surface area contributed by atoms with Gasteiger partial charge in [-0.15, -0.1) is 0 Å². The predicted molar refractivity (Wildman–Crippen MR) is 119 cm³/mol. The third kappa shape index (κ3) is 4.22. The van der Waals surface area contributed by atoms with Gasteiger partial charge in [0.25, 0.3) is 5.91 Å². The molecule has 9 heteroatoms. The van der Waals surface area contributed by atoms with Crippen LogP contribution in [0.15, 0.2) is 65.9 Å². The van der Waals surface area contributed by atoms with Gasteiger partial charge in [0.2, 0.25) is 0 Å². The van der Waals surface area contributed by atoms with E-state index in [9.17, 15) is 18.0 Å². The summed E-state index contributed by atoms with van der Waals surface area (Å²) in [5.41, 5.74) is 0.622. The first-order chi connectivity index (χ1) is 15.3. The maximum absolute atomic E-state index is 13.8. The van der Waals surface area contributed by atoms with Crippen LogP contribution in [0.3, 0.4) is 0 Å². The number of morpholine rings is 1. The SMILES string of the molecule is CC1=C(C(=O)N2CCOCC2)C(c2ccccc2C(F)(F)F)NC(=S)N1c1ccccc1. The Morgan fingerprint density at radius 3 is 2.34 bits per heavy atom. The van der Waals surface area contributed by atoms with Gasteiger partial charge in [0.05, 0.1) is 30.4 Å². The number of para-hydroxylation sites is 1. The normalized spacial score (nSPS) is 19.8. The molecular formula is C23H22F3N3O2S. The van der Waals surface area contributed by atoms with Crippen LogP contribution in [0, 0.1) is 0 Å². The minimum atomic E-state index is -4.57. The van der Waals surface area contributed by atoms with E-state index in [1.54, 1.807) is 16.7 Å². The molecule has 2 aliphatic heterocycles. The van der Waals surface area contributed by atoms with Gasteiger partial charge >= 0.3 is 6.18 Å². The second-order valence-corrected chi connectivity index (χ2v) is 7.93. The van der Waals surface area contributed by atoms with Crippen LogP contribution in [0.4, 0.5) is 18.9 Å². The van der Waals surface area contributed by atoms with Crippen molar-refractivity contribution in [2.24, 2.45) is 0 Å². The zero-order valence-electron chi connectivity index (χ0n) is 17.4. The van der Waals surface area contributed by atoms with Crippen molar-refractivity contribution < 1.29 is 22.7 Å². The second kappa shape index (κ2) is 8.91. The summed E-state index contributed by atoms with van der Waals surface area (Å²) in [7, 11) is 0. The number of carbonyl (C=O) groups is 1. The topological polar surface area (TPSA) is 44.8 Å². The van der Waals surface area contributed by atoms with Crippen molar-refractivity contribution in [2.45, 2.75) is 19.1 Å². The Bertz CT molecular complexity index is 1050. The molecule has 2 heterocycles. The molecule has 0 radical (unpaired) electrons. The number of benzene rings is 2. The van der Waals surface area contributed by atoms with Crippen LogP contribution in [0.5, 0.6) is 0 Å². The highest BCUT2D eigenvalue weighted by Crippen LogP contribution is 2.40. The summed E-state index contributed by atoms with van der Waals surface area (Å²) in [5.74, 6) is -0.330. The zero-order valence-corrected chi connectivity index (χ0v) is 18.2. The van der Waals surface area contributed by atoms with E-state index in [0.29, 0.717) is 32.0 Å². The largest absolute Gasteiger partial charge is 0.416 e. The van der Waals surface area contributed by atoms with Crippen molar-refractivity contribution in [3.05, 3.63) is 77.0 Å². The Morgan fingerprint density at radius 2 is 1.69 bits per heavy atom. The van der Waals surface area contributed by atoms with Gasteiger partial charge in [0.15, 0.2) is 5.11 Å². The number of anilines is 1. The van der Waals surface area contributed by atoms with Crippen LogP contribution in [0.2, 0.25) is 0 Å². The van der Waals surface area contributed by atoms with Crippen molar-refractivity contribution in [1.29, 1.82) is 0 Å². The fraction of sp³-hybridized carbons (Fsp3) is 0.304. The van der Waals surface area contributed by atoms with E-state index in [2.05, 4.69) is 5.32 Å². The molecule has 32 heavy (non-hydrogen) atoms. The highest BCUT2D eigenvalue weighted by molar-refractivity contribution is 7.80. The number of thiocarbonyl (C=S) groups is 1. The molecule has 2 aromatic carbocycles. The Hall–Kier alpha value is -2.91. The lowest BCUT2D eigenvalue weighted by Crippen LogP contribution is -2.51. The van der Waals surface area contributed by atoms with Crippen LogP contribution >= 0.6 is 12.2 Å². The molecule has 1 amide bonds. The highest BCUT2D eigenvalue weighted by atomic mass is 32.1. The molecule has 0 saturated carbocycles. The van der Waals surface area contributed by atoms with Gasteiger partial charge in [-0.1, -0.05) is 36.4 Å². The van der Waals surface area contributed by atoms with Crippen molar-refractivity contribution in [2.75, 3.05) is 31.2 Å². The van der Waals surface area contributed by atoms with Gasteiger partial charge in [-0.05, 0) is 42.9 Å². The quantitative estimate of drug-likeness (QED) is 0.692. The number of nitrogens with one attached hydrogen (secondary N) is 1. The predicted octanol–water partition coefficient (Wildman–Crippen LogP) is 4.27. The average Bonchev–Trinajstić information content (AvgIpc) is 2.79. The first-order valence-corrected chi connectivity index (χ1v) is 10.6.